The Hall–Kier alpha value is -3.32. The Morgan fingerprint density at radius 2 is 1.93 bits per heavy atom. The van der Waals surface area contributed by atoms with Crippen molar-refractivity contribution < 1.29 is 29.3 Å². The number of carboxylic acid groups (broad SMARTS) is 1. The van der Waals surface area contributed by atoms with Crippen molar-refractivity contribution >= 4 is 17.7 Å². The summed E-state index contributed by atoms with van der Waals surface area (Å²) < 4.78 is 10.9. The zero-order chi connectivity index (χ0) is 20.4. The number of ether oxygens (including phenoxy) is 2. The van der Waals surface area contributed by atoms with E-state index in [9.17, 15) is 9.59 Å². The van der Waals surface area contributed by atoms with Gasteiger partial charge in [0.2, 0.25) is 0 Å². The Morgan fingerprint density at radius 3 is 2.61 bits per heavy atom. The fraction of sp³-hybridized carbons (Fsp3) is 0.238. The average Bonchev–Trinajstić information content (AvgIpc) is 2.67. The van der Waals surface area contributed by atoms with Gasteiger partial charge >= 0.3 is 12.1 Å². The van der Waals surface area contributed by atoms with Crippen molar-refractivity contribution in [1.29, 1.82) is 0 Å². The summed E-state index contributed by atoms with van der Waals surface area (Å²) in [5.74, 6) is -0.566. The molecule has 0 bridgehead atoms. The predicted octanol–water partition coefficient (Wildman–Crippen LogP) is 3.69. The normalized spacial score (nSPS) is 11.8. The van der Waals surface area contributed by atoms with Crippen LogP contribution in [0.15, 0.2) is 60.7 Å². The van der Waals surface area contributed by atoms with Gasteiger partial charge < -0.3 is 19.7 Å². The first-order valence-corrected chi connectivity index (χ1v) is 8.75. The van der Waals surface area contributed by atoms with Crippen molar-refractivity contribution in [1.82, 2.24) is 0 Å². The molecule has 0 radical (unpaired) electrons. The number of carbonyl (C=O) groups is 2. The molecule has 0 saturated carbocycles. The van der Waals surface area contributed by atoms with Gasteiger partial charge in [-0.05, 0) is 36.8 Å². The maximum absolute atomic E-state index is 12.3. The highest BCUT2D eigenvalue weighted by atomic mass is 16.6. The van der Waals surface area contributed by atoms with Crippen LogP contribution in [0.1, 0.15) is 23.7 Å². The Bertz CT molecular complexity index is 816. The molecule has 3 N–H and O–H groups in total. The van der Waals surface area contributed by atoms with Gasteiger partial charge in [-0.1, -0.05) is 35.9 Å². The van der Waals surface area contributed by atoms with Crippen molar-refractivity contribution in [2.75, 3.05) is 18.5 Å². The number of aliphatic hydroxyl groups is 1. The molecular formula is C21H23NO6. The van der Waals surface area contributed by atoms with Crippen molar-refractivity contribution in [3.05, 3.63) is 71.8 Å². The largest absolute Gasteiger partial charge is 0.491 e. The minimum Gasteiger partial charge on any atom is -0.491 e. The zero-order valence-electron chi connectivity index (χ0n) is 15.5. The number of benzene rings is 2. The lowest BCUT2D eigenvalue weighted by Crippen LogP contribution is -2.17. The standard InChI is InChI=1S/C21H23NO6/c1-15-8-10-17(11-9-15)22-21(26)28-19(6-3-7-20(24)25)16-4-2-5-18(14-16)27-13-12-23/h2-5,7-11,14,19,23H,6,12-13H2,1H3,(H,22,26)(H,24,25)/b7-3+/t19-/m0/s1. The van der Waals surface area contributed by atoms with E-state index in [1.54, 1.807) is 36.4 Å². The fourth-order valence-corrected chi connectivity index (χ4v) is 2.43. The highest BCUT2D eigenvalue weighted by Crippen LogP contribution is 2.26. The van der Waals surface area contributed by atoms with Crippen molar-refractivity contribution in [3.63, 3.8) is 0 Å². The summed E-state index contributed by atoms with van der Waals surface area (Å²) in [5.41, 5.74) is 2.30. The van der Waals surface area contributed by atoms with Crippen molar-refractivity contribution in [2.45, 2.75) is 19.4 Å². The summed E-state index contributed by atoms with van der Waals surface area (Å²) in [5, 5.41) is 20.3. The SMILES string of the molecule is Cc1ccc(NC(=O)O[C@@H](C/C=C/C(=O)O)c2cccc(OCCO)c2)cc1. The highest BCUT2D eigenvalue weighted by molar-refractivity contribution is 5.84. The van der Waals surface area contributed by atoms with Gasteiger partial charge in [0, 0.05) is 18.2 Å². The third-order valence-electron chi connectivity index (χ3n) is 3.75. The van der Waals surface area contributed by atoms with E-state index >= 15 is 0 Å². The minimum atomic E-state index is -1.08. The zero-order valence-corrected chi connectivity index (χ0v) is 15.5. The molecule has 0 spiro atoms. The number of amides is 1. The first-order chi connectivity index (χ1) is 13.5. The minimum absolute atomic E-state index is 0.121. The first-order valence-electron chi connectivity index (χ1n) is 8.75. The number of rotatable bonds is 9. The van der Waals surface area contributed by atoms with Crippen LogP contribution in [0.4, 0.5) is 10.5 Å². The van der Waals surface area contributed by atoms with E-state index in [0.29, 0.717) is 17.0 Å². The quantitative estimate of drug-likeness (QED) is 0.569. The van der Waals surface area contributed by atoms with Crippen LogP contribution in [-0.4, -0.2) is 35.5 Å². The van der Waals surface area contributed by atoms with E-state index in [0.717, 1.165) is 11.6 Å². The predicted molar refractivity (Wildman–Crippen MR) is 104 cm³/mol. The van der Waals surface area contributed by atoms with Crippen LogP contribution in [-0.2, 0) is 9.53 Å². The molecule has 2 aromatic carbocycles. The summed E-state index contributed by atoms with van der Waals surface area (Å²) in [7, 11) is 0. The summed E-state index contributed by atoms with van der Waals surface area (Å²) in [6.45, 7) is 1.96. The molecule has 0 fully saturated rings. The smallest absolute Gasteiger partial charge is 0.412 e. The van der Waals surface area contributed by atoms with E-state index in [2.05, 4.69) is 5.32 Å². The maximum Gasteiger partial charge on any atom is 0.412 e. The summed E-state index contributed by atoms with van der Waals surface area (Å²) >= 11 is 0. The molecule has 0 aromatic heterocycles. The molecule has 0 heterocycles. The van der Waals surface area contributed by atoms with E-state index in [-0.39, 0.29) is 19.6 Å². The van der Waals surface area contributed by atoms with Crippen LogP contribution in [0.5, 0.6) is 5.75 Å². The van der Waals surface area contributed by atoms with E-state index in [4.69, 9.17) is 19.7 Å². The van der Waals surface area contributed by atoms with Crippen LogP contribution >= 0.6 is 0 Å². The maximum atomic E-state index is 12.3. The van der Waals surface area contributed by atoms with Gasteiger partial charge in [0.15, 0.2) is 0 Å². The number of hydrogen-bond acceptors (Lipinski definition) is 5. The molecule has 1 amide bonds. The Labute approximate surface area is 163 Å². The average molecular weight is 385 g/mol. The molecule has 1 atom stereocenters. The molecule has 2 aromatic rings. The monoisotopic (exact) mass is 385 g/mol. The molecule has 148 valence electrons. The molecule has 7 nitrogen and oxygen atoms in total. The van der Waals surface area contributed by atoms with Crippen molar-refractivity contribution in [3.8, 4) is 5.75 Å². The molecule has 7 heteroatoms. The van der Waals surface area contributed by atoms with Gasteiger partial charge in [-0.15, -0.1) is 0 Å². The van der Waals surface area contributed by atoms with Crippen LogP contribution < -0.4 is 10.1 Å². The molecule has 28 heavy (non-hydrogen) atoms. The van der Waals surface area contributed by atoms with Crippen LogP contribution in [0.25, 0.3) is 0 Å². The Kier molecular flexibility index (Phi) is 8.05. The van der Waals surface area contributed by atoms with Gasteiger partial charge in [-0.2, -0.15) is 0 Å². The number of aryl methyl sites for hydroxylation is 1. The molecular weight excluding hydrogens is 362 g/mol. The summed E-state index contributed by atoms with van der Waals surface area (Å²) in [6.07, 6.45) is 1.24. The lowest BCUT2D eigenvalue weighted by Gasteiger charge is -2.18. The highest BCUT2D eigenvalue weighted by Gasteiger charge is 2.17. The summed E-state index contributed by atoms with van der Waals surface area (Å²) in [6, 6.07) is 14.2. The summed E-state index contributed by atoms with van der Waals surface area (Å²) in [4.78, 5) is 23.0. The third kappa shape index (κ3) is 7.13. The van der Waals surface area contributed by atoms with Gasteiger partial charge in [0.25, 0.3) is 0 Å². The topological polar surface area (TPSA) is 105 Å². The van der Waals surface area contributed by atoms with E-state index in [1.807, 2.05) is 19.1 Å². The second kappa shape index (κ2) is 10.7. The number of carbonyl (C=O) groups excluding carboxylic acids is 1. The molecule has 0 aliphatic carbocycles. The van der Waals surface area contributed by atoms with Crippen LogP contribution in [0, 0.1) is 6.92 Å². The van der Waals surface area contributed by atoms with Crippen molar-refractivity contribution in [2.24, 2.45) is 0 Å². The van der Waals surface area contributed by atoms with Crippen LogP contribution in [0.2, 0.25) is 0 Å². The first kappa shape index (κ1) is 21.0. The molecule has 0 aliphatic rings. The molecule has 2 rings (SSSR count). The van der Waals surface area contributed by atoms with Crippen LogP contribution in [0.3, 0.4) is 0 Å². The second-order valence-electron chi connectivity index (χ2n) is 6.01. The molecule has 0 unspecified atom stereocenters. The fourth-order valence-electron chi connectivity index (χ4n) is 2.43. The lowest BCUT2D eigenvalue weighted by molar-refractivity contribution is -0.131. The number of carboxylic acids is 1. The van der Waals surface area contributed by atoms with Gasteiger partial charge in [0.1, 0.15) is 18.5 Å². The lowest BCUT2D eigenvalue weighted by atomic mass is 10.1. The number of aliphatic hydroxyl groups excluding tert-OH is 1. The van der Waals surface area contributed by atoms with E-state index < -0.39 is 18.2 Å². The third-order valence-corrected chi connectivity index (χ3v) is 3.75. The molecule has 0 saturated heterocycles. The number of anilines is 1. The second-order valence-corrected chi connectivity index (χ2v) is 6.01. The van der Waals surface area contributed by atoms with E-state index in [1.165, 1.54) is 6.08 Å². The number of aliphatic carboxylic acids is 1. The van der Waals surface area contributed by atoms with Gasteiger partial charge in [0.05, 0.1) is 6.61 Å². The van der Waals surface area contributed by atoms with Gasteiger partial charge in [-0.25, -0.2) is 9.59 Å². The number of hydrogen-bond donors (Lipinski definition) is 3. The molecule has 0 aliphatic heterocycles. The Morgan fingerprint density at radius 1 is 1.18 bits per heavy atom. The Balaban J connectivity index is 2.12. The van der Waals surface area contributed by atoms with Gasteiger partial charge in [-0.3, -0.25) is 5.32 Å². The number of nitrogens with one attached hydrogen (secondary N) is 1.